The number of benzene rings is 2. The second-order valence-corrected chi connectivity index (χ2v) is 12.4. The van der Waals surface area contributed by atoms with Crippen LogP contribution in [0.15, 0.2) is 54.6 Å². The van der Waals surface area contributed by atoms with Gasteiger partial charge in [0.05, 0.1) is 16.8 Å². The Labute approximate surface area is 244 Å². The molecule has 2 aliphatic rings. The van der Waals surface area contributed by atoms with Crippen molar-refractivity contribution in [2.45, 2.75) is 82.9 Å². The zero-order chi connectivity index (χ0) is 29.7. The Bertz CT molecular complexity index is 1650. The Morgan fingerprint density at radius 3 is 2.14 bits per heavy atom. The molecular weight excluding hydrogens is 532 g/mol. The molecule has 2 aliphatic carbocycles. The molecule has 2 heterocycles. The molecule has 218 valence electrons. The number of carbonyl (C=O) groups is 2. The molecule has 0 aliphatic heterocycles. The van der Waals surface area contributed by atoms with Crippen molar-refractivity contribution >= 4 is 23.7 Å². The normalized spacial score (nSPS) is 17.1. The minimum Gasteiger partial charge on any atom is -0.480 e. The maximum absolute atomic E-state index is 12.7. The standard InChI is InChI=1S/C32H36N6O4/c1-20-33-28-34-25(22-12-14-23(15-13-22)31(16-8-17-31)36-29(41)42-30(2,3)4)24(21-10-6-5-7-11-21)26(38(28)37-20)35-32(27(39)40)18-9-19-32/h5-7,10-15,35H,8-9,16-19H2,1-4H3,(H,36,41)(H,39,40). The van der Waals surface area contributed by atoms with Gasteiger partial charge in [0.2, 0.25) is 0 Å². The van der Waals surface area contributed by atoms with Gasteiger partial charge in [0.25, 0.3) is 5.78 Å². The van der Waals surface area contributed by atoms with E-state index in [-0.39, 0.29) is 0 Å². The minimum absolute atomic E-state index is 0.385. The highest BCUT2D eigenvalue weighted by atomic mass is 16.6. The molecule has 2 aromatic heterocycles. The molecule has 0 spiro atoms. The van der Waals surface area contributed by atoms with Crippen molar-refractivity contribution in [1.29, 1.82) is 0 Å². The van der Waals surface area contributed by atoms with Gasteiger partial charge in [0.15, 0.2) is 0 Å². The van der Waals surface area contributed by atoms with E-state index in [2.05, 4.69) is 20.7 Å². The molecule has 0 saturated heterocycles. The Balaban J connectivity index is 1.46. The first kappa shape index (κ1) is 27.7. The second-order valence-electron chi connectivity index (χ2n) is 12.4. The monoisotopic (exact) mass is 568 g/mol. The topological polar surface area (TPSA) is 131 Å². The van der Waals surface area contributed by atoms with Gasteiger partial charge in [0.1, 0.15) is 22.8 Å². The van der Waals surface area contributed by atoms with E-state index in [1.807, 2.05) is 75.4 Å². The number of carbonyl (C=O) groups excluding carboxylic acids is 1. The predicted octanol–water partition coefficient (Wildman–Crippen LogP) is 6.09. The van der Waals surface area contributed by atoms with Crippen molar-refractivity contribution in [1.82, 2.24) is 24.9 Å². The summed E-state index contributed by atoms with van der Waals surface area (Å²) in [6.45, 7) is 7.35. The summed E-state index contributed by atoms with van der Waals surface area (Å²) in [4.78, 5) is 34.6. The molecule has 3 N–H and O–H groups in total. The van der Waals surface area contributed by atoms with Crippen LogP contribution < -0.4 is 10.6 Å². The van der Waals surface area contributed by atoms with Gasteiger partial charge in [-0.3, -0.25) is 0 Å². The average molecular weight is 569 g/mol. The summed E-state index contributed by atoms with van der Waals surface area (Å²) in [6, 6.07) is 17.9. The number of ether oxygens (including phenoxy) is 1. The van der Waals surface area contributed by atoms with E-state index in [0.29, 0.717) is 36.0 Å². The summed E-state index contributed by atoms with van der Waals surface area (Å²) in [5.41, 5.74) is 2.00. The lowest BCUT2D eigenvalue weighted by Crippen LogP contribution is -2.52. The van der Waals surface area contributed by atoms with Gasteiger partial charge in [0, 0.05) is 5.56 Å². The van der Waals surface area contributed by atoms with E-state index in [4.69, 9.17) is 9.72 Å². The third kappa shape index (κ3) is 4.95. The first-order chi connectivity index (χ1) is 20.0. The molecule has 42 heavy (non-hydrogen) atoms. The molecule has 0 atom stereocenters. The lowest BCUT2D eigenvalue weighted by molar-refractivity contribution is -0.145. The molecule has 10 nitrogen and oxygen atoms in total. The van der Waals surface area contributed by atoms with Crippen molar-refractivity contribution in [3.8, 4) is 22.4 Å². The number of rotatable bonds is 7. The Morgan fingerprint density at radius 2 is 1.60 bits per heavy atom. The summed E-state index contributed by atoms with van der Waals surface area (Å²) >= 11 is 0. The van der Waals surface area contributed by atoms with Gasteiger partial charge in [-0.2, -0.15) is 9.50 Å². The number of fused-ring (bicyclic) bond motifs is 1. The van der Waals surface area contributed by atoms with Crippen LogP contribution in [0.3, 0.4) is 0 Å². The van der Waals surface area contributed by atoms with Crippen molar-refractivity contribution in [3.63, 3.8) is 0 Å². The van der Waals surface area contributed by atoms with Gasteiger partial charge in [-0.1, -0.05) is 54.6 Å². The number of aryl methyl sites for hydroxylation is 1. The Hall–Kier alpha value is -4.47. The van der Waals surface area contributed by atoms with Crippen LogP contribution >= 0.6 is 0 Å². The van der Waals surface area contributed by atoms with Gasteiger partial charge in [-0.25, -0.2) is 14.6 Å². The second kappa shape index (κ2) is 10.1. The predicted molar refractivity (Wildman–Crippen MR) is 159 cm³/mol. The number of nitrogens with one attached hydrogen (secondary N) is 2. The summed E-state index contributed by atoms with van der Waals surface area (Å²) in [5.74, 6) is 0.588. The van der Waals surface area contributed by atoms with Gasteiger partial charge in [-0.05, 0) is 77.3 Å². The molecule has 0 radical (unpaired) electrons. The van der Waals surface area contributed by atoms with Crippen LogP contribution in [0.1, 0.15) is 70.7 Å². The smallest absolute Gasteiger partial charge is 0.408 e. The van der Waals surface area contributed by atoms with E-state index in [1.165, 1.54) is 0 Å². The fourth-order valence-corrected chi connectivity index (χ4v) is 5.81. The molecule has 2 aromatic carbocycles. The van der Waals surface area contributed by atoms with Crippen LogP contribution in [-0.2, 0) is 15.1 Å². The number of nitrogens with zero attached hydrogens (tertiary/aromatic N) is 4. The quantitative estimate of drug-likeness (QED) is 0.244. The fourth-order valence-electron chi connectivity index (χ4n) is 5.81. The number of hydrogen-bond donors (Lipinski definition) is 3. The van der Waals surface area contributed by atoms with E-state index in [9.17, 15) is 14.7 Å². The lowest BCUT2D eigenvalue weighted by Gasteiger charge is -2.43. The maximum Gasteiger partial charge on any atom is 0.408 e. The number of hydrogen-bond acceptors (Lipinski definition) is 7. The lowest BCUT2D eigenvalue weighted by atomic mass is 9.71. The van der Waals surface area contributed by atoms with Crippen LogP contribution in [0.5, 0.6) is 0 Å². The Morgan fingerprint density at radius 1 is 0.929 bits per heavy atom. The number of alkyl carbamates (subject to hydrolysis) is 1. The number of anilines is 1. The van der Waals surface area contributed by atoms with Gasteiger partial charge >= 0.3 is 12.1 Å². The molecule has 2 saturated carbocycles. The van der Waals surface area contributed by atoms with E-state index < -0.39 is 28.7 Å². The highest BCUT2D eigenvalue weighted by Crippen LogP contribution is 2.44. The summed E-state index contributed by atoms with van der Waals surface area (Å²) in [7, 11) is 0. The summed E-state index contributed by atoms with van der Waals surface area (Å²) in [5, 5.41) is 21.3. The van der Waals surface area contributed by atoms with Crippen LogP contribution in [-0.4, -0.2) is 47.9 Å². The molecule has 10 heteroatoms. The van der Waals surface area contributed by atoms with E-state index >= 15 is 0 Å². The highest BCUT2D eigenvalue weighted by molar-refractivity contribution is 5.92. The van der Waals surface area contributed by atoms with Gasteiger partial charge < -0.3 is 20.5 Å². The SMILES string of the molecule is Cc1nc2nc(-c3ccc(C4(NC(=O)OC(C)(C)C)CCC4)cc3)c(-c3ccccc3)c(NC3(C(=O)O)CCC3)n2n1. The van der Waals surface area contributed by atoms with E-state index in [0.717, 1.165) is 47.9 Å². The average Bonchev–Trinajstić information content (AvgIpc) is 3.27. The fraction of sp³-hybridized carbons (Fsp3) is 0.406. The first-order valence-corrected chi connectivity index (χ1v) is 14.5. The summed E-state index contributed by atoms with van der Waals surface area (Å²) in [6.07, 6.45) is 4.12. The van der Waals surface area contributed by atoms with E-state index in [1.54, 1.807) is 11.4 Å². The molecular formula is C32H36N6O4. The van der Waals surface area contributed by atoms with Crippen molar-refractivity contribution in [2.75, 3.05) is 5.32 Å². The number of amides is 1. The number of aliphatic carboxylic acids is 1. The Kier molecular flexibility index (Phi) is 6.67. The van der Waals surface area contributed by atoms with Crippen molar-refractivity contribution < 1.29 is 19.4 Å². The van der Waals surface area contributed by atoms with Crippen molar-refractivity contribution in [3.05, 3.63) is 66.0 Å². The molecule has 0 unspecified atom stereocenters. The zero-order valence-corrected chi connectivity index (χ0v) is 24.4. The number of aromatic nitrogens is 4. The van der Waals surface area contributed by atoms with Crippen LogP contribution in [0.4, 0.5) is 10.6 Å². The van der Waals surface area contributed by atoms with Crippen LogP contribution in [0.25, 0.3) is 28.2 Å². The first-order valence-electron chi connectivity index (χ1n) is 14.5. The molecule has 0 bridgehead atoms. The molecule has 4 aromatic rings. The summed E-state index contributed by atoms with van der Waals surface area (Å²) < 4.78 is 7.17. The van der Waals surface area contributed by atoms with Crippen LogP contribution in [0, 0.1) is 6.92 Å². The third-order valence-corrected chi connectivity index (χ3v) is 8.29. The maximum atomic E-state index is 12.7. The zero-order valence-electron chi connectivity index (χ0n) is 24.4. The van der Waals surface area contributed by atoms with Crippen molar-refractivity contribution in [2.24, 2.45) is 0 Å². The minimum atomic E-state index is -1.08. The third-order valence-electron chi connectivity index (χ3n) is 8.29. The molecule has 1 amide bonds. The van der Waals surface area contributed by atoms with Crippen LogP contribution in [0.2, 0.25) is 0 Å². The largest absolute Gasteiger partial charge is 0.480 e. The molecule has 2 fully saturated rings. The highest BCUT2D eigenvalue weighted by Gasteiger charge is 2.46. The van der Waals surface area contributed by atoms with Gasteiger partial charge in [-0.15, -0.1) is 5.10 Å². The molecule has 6 rings (SSSR count). The number of carboxylic acids is 1. The number of carboxylic acid groups (broad SMARTS) is 1.